The molecule has 0 radical (unpaired) electrons. The van der Waals surface area contributed by atoms with E-state index in [-0.39, 0.29) is 5.56 Å². The predicted octanol–water partition coefficient (Wildman–Crippen LogP) is 5.00. The second-order valence-corrected chi connectivity index (χ2v) is 9.30. The van der Waals surface area contributed by atoms with Gasteiger partial charge in [0.25, 0.3) is 5.91 Å². The van der Waals surface area contributed by atoms with E-state index in [9.17, 15) is 9.59 Å². The second-order valence-electron chi connectivity index (χ2n) is 6.25. The van der Waals surface area contributed by atoms with Gasteiger partial charge >= 0.3 is 5.63 Å². The monoisotopic (exact) mass is 455 g/mol. The zero-order valence-corrected chi connectivity index (χ0v) is 18.2. The van der Waals surface area contributed by atoms with Crippen LogP contribution in [0, 0.1) is 0 Å². The first kappa shape index (κ1) is 19.0. The molecule has 2 aromatic carbocycles. The number of hydrogen-bond donors (Lipinski definition) is 1. The summed E-state index contributed by atoms with van der Waals surface area (Å²) < 4.78 is 13.5. The molecule has 0 unspecified atom stereocenters. The smallest absolute Gasteiger partial charge is 0.349 e. The van der Waals surface area contributed by atoms with E-state index in [2.05, 4.69) is 15.3 Å². The fraction of sp³-hybridized carbons (Fsp3) is 0.100. The fourth-order valence-electron chi connectivity index (χ4n) is 3.09. The van der Waals surface area contributed by atoms with Gasteiger partial charge in [0.2, 0.25) is 0 Å². The van der Waals surface area contributed by atoms with Crippen molar-refractivity contribution < 1.29 is 13.9 Å². The highest BCUT2D eigenvalue weighted by Crippen LogP contribution is 2.38. The molecule has 0 saturated heterocycles. The van der Waals surface area contributed by atoms with E-state index in [0.29, 0.717) is 21.9 Å². The van der Waals surface area contributed by atoms with Gasteiger partial charge in [0.05, 0.1) is 27.5 Å². The van der Waals surface area contributed by atoms with Gasteiger partial charge in [-0.25, -0.2) is 14.8 Å². The number of rotatable bonds is 4. The first-order chi connectivity index (χ1) is 14.6. The first-order valence-corrected chi connectivity index (χ1v) is 11.6. The van der Waals surface area contributed by atoms with Crippen molar-refractivity contribution in [3.63, 3.8) is 0 Å². The highest BCUT2D eigenvalue weighted by atomic mass is 32.2. The van der Waals surface area contributed by atoms with Crippen molar-refractivity contribution >= 4 is 76.9 Å². The summed E-state index contributed by atoms with van der Waals surface area (Å²) in [4.78, 5) is 34.2. The van der Waals surface area contributed by atoms with Crippen LogP contribution in [0.1, 0.15) is 10.4 Å². The van der Waals surface area contributed by atoms with Crippen LogP contribution in [0.3, 0.4) is 0 Å². The van der Waals surface area contributed by atoms with Crippen molar-refractivity contribution in [3.8, 4) is 5.75 Å². The van der Waals surface area contributed by atoms with Crippen molar-refractivity contribution in [2.24, 2.45) is 0 Å². The fourth-order valence-corrected chi connectivity index (χ4v) is 5.75. The molecule has 30 heavy (non-hydrogen) atoms. The van der Waals surface area contributed by atoms with Gasteiger partial charge in [-0.05, 0) is 30.5 Å². The lowest BCUT2D eigenvalue weighted by atomic mass is 10.1. The Labute approximate surface area is 181 Å². The van der Waals surface area contributed by atoms with Crippen molar-refractivity contribution in [2.45, 2.75) is 4.34 Å². The second kappa shape index (κ2) is 7.38. The van der Waals surface area contributed by atoms with Crippen LogP contribution in [0.5, 0.6) is 5.75 Å². The van der Waals surface area contributed by atoms with Crippen molar-refractivity contribution in [1.29, 1.82) is 0 Å². The van der Waals surface area contributed by atoms with Gasteiger partial charge in [-0.2, -0.15) is 0 Å². The minimum atomic E-state index is -0.736. The van der Waals surface area contributed by atoms with Crippen LogP contribution in [-0.2, 0) is 0 Å². The SMILES string of the molecule is COc1cccc2cc(C(=O)Nc3nc4ccc5nc(SC)sc5c4s3)c(=O)oc12. The molecule has 0 saturated carbocycles. The van der Waals surface area contributed by atoms with E-state index in [4.69, 9.17) is 9.15 Å². The van der Waals surface area contributed by atoms with Gasteiger partial charge in [-0.3, -0.25) is 10.1 Å². The zero-order chi connectivity index (χ0) is 20.8. The molecule has 150 valence electrons. The van der Waals surface area contributed by atoms with Crippen LogP contribution in [-0.4, -0.2) is 29.2 Å². The lowest BCUT2D eigenvalue weighted by molar-refractivity contribution is 0.102. The molecule has 5 rings (SSSR count). The van der Waals surface area contributed by atoms with E-state index >= 15 is 0 Å². The lowest BCUT2D eigenvalue weighted by Gasteiger charge is -2.05. The van der Waals surface area contributed by atoms with Crippen LogP contribution in [0.25, 0.3) is 31.4 Å². The molecule has 0 atom stereocenters. The number of fused-ring (bicyclic) bond motifs is 4. The Morgan fingerprint density at radius 1 is 1.13 bits per heavy atom. The van der Waals surface area contributed by atoms with Crippen molar-refractivity contribution in [3.05, 3.63) is 52.4 Å². The highest BCUT2D eigenvalue weighted by molar-refractivity contribution is 8.00. The molecule has 0 aliphatic rings. The third kappa shape index (κ3) is 3.13. The summed E-state index contributed by atoms with van der Waals surface area (Å²) in [6, 6.07) is 10.5. The Kier molecular flexibility index (Phi) is 4.69. The number of thiazole rings is 2. The number of ether oxygens (including phenoxy) is 1. The third-order valence-corrected chi connectivity index (χ3v) is 7.68. The van der Waals surface area contributed by atoms with Gasteiger partial charge in [-0.15, -0.1) is 11.3 Å². The molecule has 0 spiro atoms. The van der Waals surface area contributed by atoms with Gasteiger partial charge in [-0.1, -0.05) is 35.2 Å². The molecule has 1 N–H and O–H groups in total. The number of amides is 1. The molecule has 0 bridgehead atoms. The van der Waals surface area contributed by atoms with Gasteiger partial charge in [0, 0.05) is 5.39 Å². The summed E-state index contributed by atoms with van der Waals surface area (Å²) in [6.45, 7) is 0. The quantitative estimate of drug-likeness (QED) is 0.301. The largest absolute Gasteiger partial charge is 0.493 e. The Hall–Kier alpha value is -2.95. The predicted molar refractivity (Wildman–Crippen MR) is 122 cm³/mol. The summed E-state index contributed by atoms with van der Waals surface area (Å²) in [7, 11) is 1.49. The van der Waals surface area contributed by atoms with E-state index < -0.39 is 11.5 Å². The lowest BCUT2D eigenvalue weighted by Crippen LogP contribution is -2.20. The van der Waals surface area contributed by atoms with Crippen LogP contribution in [0.15, 0.2) is 49.9 Å². The molecule has 3 heterocycles. The highest BCUT2D eigenvalue weighted by Gasteiger charge is 2.18. The standard InChI is InChI=1S/C20H13N3O4S3/c1-26-13-5-3-4-9-8-10(18(25)27-14(9)13)17(24)23-19-21-11-6-7-12-16(15(11)29-19)30-20(22-12)28-2/h3-8H,1-2H3,(H,21,23,24). The maximum Gasteiger partial charge on any atom is 0.349 e. The molecular weight excluding hydrogens is 442 g/mol. The summed E-state index contributed by atoms with van der Waals surface area (Å²) in [5.41, 5.74) is 1.15. The normalized spacial score (nSPS) is 11.4. The number of nitrogens with one attached hydrogen (secondary N) is 1. The number of thioether (sulfide) groups is 1. The van der Waals surface area contributed by atoms with Crippen LogP contribution in [0.4, 0.5) is 5.13 Å². The molecule has 5 aromatic rings. The molecule has 7 nitrogen and oxygen atoms in total. The van der Waals surface area contributed by atoms with Crippen molar-refractivity contribution in [1.82, 2.24) is 9.97 Å². The van der Waals surface area contributed by atoms with Gasteiger partial charge in [0.1, 0.15) is 5.56 Å². The number of para-hydroxylation sites is 1. The van der Waals surface area contributed by atoms with Crippen LogP contribution >= 0.6 is 34.4 Å². The van der Waals surface area contributed by atoms with E-state index in [1.165, 1.54) is 24.5 Å². The number of hydrogen-bond acceptors (Lipinski definition) is 9. The molecule has 0 aliphatic heterocycles. The number of carbonyl (C=O) groups is 1. The molecular formula is C20H13N3O4S3. The van der Waals surface area contributed by atoms with Crippen molar-refractivity contribution in [2.75, 3.05) is 18.7 Å². The summed E-state index contributed by atoms with van der Waals surface area (Å²) >= 11 is 4.54. The number of carbonyl (C=O) groups excluding carboxylic acids is 1. The van der Waals surface area contributed by atoms with E-state index in [0.717, 1.165) is 24.8 Å². The minimum Gasteiger partial charge on any atom is -0.493 e. The first-order valence-electron chi connectivity index (χ1n) is 8.73. The van der Waals surface area contributed by atoms with E-state index in [1.807, 2.05) is 18.4 Å². The van der Waals surface area contributed by atoms with Gasteiger partial charge in [0.15, 0.2) is 20.8 Å². The molecule has 0 aliphatic carbocycles. The average Bonchev–Trinajstić information content (AvgIpc) is 3.35. The number of nitrogens with zero attached hydrogens (tertiary/aromatic N) is 2. The van der Waals surface area contributed by atoms with Gasteiger partial charge < -0.3 is 9.15 Å². The molecule has 1 amide bonds. The van der Waals surface area contributed by atoms with Crippen LogP contribution in [0.2, 0.25) is 0 Å². The Bertz CT molecular complexity index is 1500. The molecule has 10 heteroatoms. The number of benzene rings is 2. The summed E-state index contributed by atoms with van der Waals surface area (Å²) in [6.07, 6.45) is 1.98. The maximum atomic E-state index is 12.8. The Morgan fingerprint density at radius 2 is 1.90 bits per heavy atom. The third-order valence-electron chi connectivity index (χ3n) is 4.48. The molecule has 3 aromatic heterocycles. The van der Waals surface area contributed by atoms with Crippen LogP contribution < -0.4 is 15.7 Å². The number of aromatic nitrogens is 2. The summed E-state index contributed by atoms with van der Waals surface area (Å²) in [5.74, 6) is -0.140. The number of anilines is 1. The topological polar surface area (TPSA) is 94.3 Å². The zero-order valence-electron chi connectivity index (χ0n) is 15.7. The summed E-state index contributed by atoms with van der Waals surface area (Å²) in [5, 5.41) is 3.73. The number of methoxy groups -OCH3 is 1. The Morgan fingerprint density at radius 3 is 2.67 bits per heavy atom. The molecule has 0 fully saturated rings. The maximum absolute atomic E-state index is 12.8. The average molecular weight is 456 g/mol. The minimum absolute atomic E-state index is 0.0948. The Balaban J connectivity index is 1.52. The van der Waals surface area contributed by atoms with E-state index in [1.54, 1.807) is 41.3 Å².